The Labute approximate surface area is 168 Å². The van der Waals surface area contributed by atoms with Gasteiger partial charge in [-0.25, -0.2) is 0 Å². The Kier molecular flexibility index (Phi) is 6.33. The number of hydrogen-bond donors (Lipinski definition) is 0. The van der Waals surface area contributed by atoms with E-state index in [-0.39, 0.29) is 0 Å². The van der Waals surface area contributed by atoms with Crippen LogP contribution in [-0.4, -0.2) is 34.5 Å². The lowest BCUT2D eigenvalue weighted by Crippen LogP contribution is -2.34. The highest BCUT2D eigenvalue weighted by Gasteiger charge is 2.18. The average Bonchev–Trinajstić information content (AvgIpc) is 2.74. The van der Waals surface area contributed by atoms with Gasteiger partial charge in [-0.15, -0.1) is 0 Å². The molecule has 1 radical (unpaired) electrons. The van der Waals surface area contributed by atoms with Gasteiger partial charge in [-0.1, -0.05) is 36.8 Å². The molecule has 3 aromatic rings. The molecule has 3 heteroatoms. The van der Waals surface area contributed by atoms with E-state index in [2.05, 4.69) is 58.8 Å². The summed E-state index contributed by atoms with van der Waals surface area (Å²) in [5, 5.41) is 1.15. The van der Waals surface area contributed by atoms with Crippen molar-refractivity contribution in [2.75, 3.05) is 19.6 Å². The predicted molar refractivity (Wildman–Crippen MR) is 116 cm³/mol. The van der Waals surface area contributed by atoms with Gasteiger partial charge in [-0.3, -0.25) is 9.97 Å². The highest BCUT2D eigenvalue weighted by molar-refractivity contribution is 5.80. The zero-order valence-electron chi connectivity index (χ0n) is 16.8. The SMILES string of the molecule is Cc1nccc2nc([CH]CN3CCC(CCCc4ccccc4)CC3)ccc12. The van der Waals surface area contributed by atoms with Gasteiger partial charge in [-0.05, 0) is 75.4 Å². The highest BCUT2D eigenvalue weighted by atomic mass is 15.1. The van der Waals surface area contributed by atoms with Crippen molar-refractivity contribution in [1.29, 1.82) is 0 Å². The number of fused-ring (bicyclic) bond motifs is 1. The first-order chi connectivity index (χ1) is 13.8. The fraction of sp³-hybridized carbons (Fsp3) is 0.400. The normalized spacial score (nSPS) is 15.9. The third-order valence-electron chi connectivity index (χ3n) is 6.02. The van der Waals surface area contributed by atoms with Crippen LogP contribution in [0.25, 0.3) is 10.9 Å². The van der Waals surface area contributed by atoms with Crippen LogP contribution in [0.15, 0.2) is 54.7 Å². The number of pyridine rings is 2. The number of piperidine rings is 1. The maximum atomic E-state index is 4.78. The Morgan fingerprint density at radius 1 is 1.04 bits per heavy atom. The minimum absolute atomic E-state index is 0.897. The van der Waals surface area contributed by atoms with Gasteiger partial charge >= 0.3 is 0 Å². The summed E-state index contributed by atoms with van der Waals surface area (Å²) in [7, 11) is 0. The first-order valence-corrected chi connectivity index (χ1v) is 10.6. The van der Waals surface area contributed by atoms with Crippen molar-refractivity contribution in [3.8, 4) is 0 Å². The number of aromatic nitrogens is 2. The fourth-order valence-electron chi connectivity index (χ4n) is 4.25. The molecule has 1 fully saturated rings. The van der Waals surface area contributed by atoms with Crippen LogP contribution in [0, 0.1) is 19.3 Å². The largest absolute Gasteiger partial charge is 0.303 e. The van der Waals surface area contributed by atoms with E-state index in [1.165, 1.54) is 50.8 Å². The molecule has 28 heavy (non-hydrogen) atoms. The molecular formula is C25H30N3. The lowest BCUT2D eigenvalue weighted by molar-refractivity contribution is 0.189. The molecular weight excluding hydrogens is 342 g/mol. The number of rotatable bonds is 7. The van der Waals surface area contributed by atoms with Crippen molar-refractivity contribution < 1.29 is 0 Å². The Hall–Kier alpha value is -2.26. The van der Waals surface area contributed by atoms with Gasteiger partial charge in [0, 0.05) is 35.9 Å². The molecule has 0 N–H and O–H groups in total. The van der Waals surface area contributed by atoms with Crippen molar-refractivity contribution >= 4 is 10.9 Å². The standard InChI is InChI=1S/C25H30N3/c1-20-24-11-10-23(27-25(24)12-16-26-20)15-19-28-17-13-22(14-18-28)9-5-8-21-6-3-2-4-7-21/h2-4,6-7,10-12,15-16,22H,5,8-9,13-14,17-19H2,1H3. The monoisotopic (exact) mass is 372 g/mol. The second-order valence-electron chi connectivity index (χ2n) is 8.03. The predicted octanol–water partition coefficient (Wildman–Crippen LogP) is 5.23. The fourth-order valence-corrected chi connectivity index (χ4v) is 4.25. The summed E-state index contributed by atoms with van der Waals surface area (Å²) in [6.45, 7) is 5.46. The highest BCUT2D eigenvalue weighted by Crippen LogP contribution is 2.23. The van der Waals surface area contributed by atoms with E-state index in [1.54, 1.807) is 0 Å². The molecule has 1 aromatic carbocycles. The maximum Gasteiger partial charge on any atom is 0.0738 e. The summed E-state index contributed by atoms with van der Waals surface area (Å²) in [4.78, 5) is 11.7. The van der Waals surface area contributed by atoms with Gasteiger partial charge in [0.15, 0.2) is 0 Å². The van der Waals surface area contributed by atoms with E-state index < -0.39 is 0 Å². The van der Waals surface area contributed by atoms with Gasteiger partial charge in [-0.2, -0.15) is 0 Å². The van der Waals surface area contributed by atoms with Crippen LogP contribution < -0.4 is 0 Å². The van der Waals surface area contributed by atoms with Crippen LogP contribution in [0.2, 0.25) is 0 Å². The van der Waals surface area contributed by atoms with Gasteiger partial charge < -0.3 is 4.90 Å². The van der Waals surface area contributed by atoms with Crippen LogP contribution in [0.5, 0.6) is 0 Å². The van der Waals surface area contributed by atoms with Crippen LogP contribution in [0.1, 0.15) is 42.6 Å². The Bertz CT molecular complexity index is 883. The minimum Gasteiger partial charge on any atom is -0.303 e. The quantitative estimate of drug-likeness (QED) is 0.569. The zero-order chi connectivity index (χ0) is 19.2. The van der Waals surface area contributed by atoms with E-state index in [1.807, 2.05) is 19.2 Å². The number of hydrogen-bond acceptors (Lipinski definition) is 3. The zero-order valence-corrected chi connectivity index (χ0v) is 16.8. The third kappa shape index (κ3) is 4.96. The smallest absolute Gasteiger partial charge is 0.0738 e. The first kappa shape index (κ1) is 19.1. The van der Waals surface area contributed by atoms with E-state index in [0.717, 1.165) is 34.8 Å². The van der Waals surface area contributed by atoms with Crippen molar-refractivity contribution in [3.63, 3.8) is 0 Å². The van der Waals surface area contributed by atoms with E-state index in [4.69, 9.17) is 4.98 Å². The lowest BCUT2D eigenvalue weighted by Gasteiger charge is -2.31. The maximum absolute atomic E-state index is 4.78. The van der Waals surface area contributed by atoms with Crippen LogP contribution in [0.3, 0.4) is 0 Å². The van der Waals surface area contributed by atoms with Crippen LogP contribution in [-0.2, 0) is 6.42 Å². The molecule has 0 atom stereocenters. The summed E-state index contributed by atoms with van der Waals surface area (Å²) in [6.07, 6.45) is 10.7. The van der Waals surface area contributed by atoms with Crippen molar-refractivity contribution in [3.05, 3.63) is 78.1 Å². The van der Waals surface area contributed by atoms with Crippen LogP contribution >= 0.6 is 0 Å². The molecule has 3 heterocycles. The third-order valence-corrected chi connectivity index (χ3v) is 6.02. The minimum atomic E-state index is 0.897. The number of nitrogens with zero attached hydrogens (tertiary/aromatic N) is 3. The van der Waals surface area contributed by atoms with Crippen LogP contribution in [0.4, 0.5) is 0 Å². The molecule has 1 saturated heterocycles. The van der Waals surface area contributed by atoms with E-state index in [9.17, 15) is 0 Å². The van der Waals surface area contributed by atoms with E-state index >= 15 is 0 Å². The molecule has 0 unspecified atom stereocenters. The summed E-state index contributed by atoms with van der Waals surface area (Å²) >= 11 is 0. The Morgan fingerprint density at radius 2 is 1.86 bits per heavy atom. The number of likely N-dealkylation sites (tertiary alicyclic amines) is 1. The summed E-state index contributed by atoms with van der Waals surface area (Å²) in [5.74, 6) is 0.897. The summed E-state index contributed by atoms with van der Waals surface area (Å²) in [6, 6.07) is 17.2. The molecule has 0 amide bonds. The molecule has 1 aliphatic heterocycles. The summed E-state index contributed by atoms with van der Waals surface area (Å²) in [5.41, 5.74) is 4.63. The van der Waals surface area contributed by atoms with Gasteiger partial charge in [0.2, 0.25) is 0 Å². The Morgan fingerprint density at radius 3 is 2.68 bits per heavy atom. The summed E-state index contributed by atoms with van der Waals surface area (Å²) < 4.78 is 0. The molecule has 0 spiro atoms. The number of benzene rings is 1. The van der Waals surface area contributed by atoms with E-state index in [0.29, 0.717) is 0 Å². The first-order valence-electron chi connectivity index (χ1n) is 10.6. The van der Waals surface area contributed by atoms with Gasteiger partial charge in [0.05, 0.1) is 5.52 Å². The number of aryl methyl sites for hydroxylation is 2. The van der Waals surface area contributed by atoms with Crippen molar-refractivity contribution in [2.45, 2.75) is 39.0 Å². The molecule has 2 aromatic heterocycles. The topological polar surface area (TPSA) is 29.0 Å². The second kappa shape index (κ2) is 9.29. The molecule has 1 aliphatic rings. The molecule has 0 bridgehead atoms. The second-order valence-corrected chi connectivity index (χ2v) is 8.03. The van der Waals surface area contributed by atoms with Crippen molar-refractivity contribution in [2.24, 2.45) is 5.92 Å². The molecule has 145 valence electrons. The lowest BCUT2D eigenvalue weighted by atomic mass is 9.90. The van der Waals surface area contributed by atoms with Gasteiger partial charge in [0.25, 0.3) is 0 Å². The van der Waals surface area contributed by atoms with Gasteiger partial charge in [0.1, 0.15) is 0 Å². The molecule has 3 nitrogen and oxygen atoms in total. The molecule has 0 saturated carbocycles. The Balaban J connectivity index is 1.19. The van der Waals surface area contributed by atoms with Crippen molar-refractivity contribution in [1.82, 2.24) is 14.9 Å². The molecule has 4 rings (SSSR count). The average molecular weight is 373 g/mol. The molecule has 0 aliphatic carbocycles.